The number of aromatic nitrogens is 1. The zero-order chi connectivity index (χ0) is 12.8. The first-order chi connectivity index (χ1) is 8.57. The summed E-state index contributed by atoms with van der Waals surface area (Å²) in [5.74, 6) is 0. The third-order valence-electron chi connectivity index (χ3n) is 3.24. The molecular weight excluding hydrogens is 257 g/mol. The summed E-state index contributed by atoms with van der Waals surface area (Å²) in [4.78, 5) is 4.14. The van der Waals surface area contributed by atoms with Gasteiger partial charge in [0.2, 0.25) is 0 Å². The number of anilines is 1. The van der Waals surface area contributed by atoms with Crippen molar-refractivity contribution < 1.29 is 12.3 Å². The largest absolute Gasteiger partial charge is 0.754 e. The Kier molecular flexibility index (Phi) is 2.55. The fraction of sp³-hybridized carbons (Fsp3) is 0.250. The Balaban J connectivity index is 2.28. The van der Waals surface area contributed by atoms with Gasteiger partial charge in [0.15, 0.2) is 0 Å². The third-order valence-corrected chi connectivity index (χ3v) is 4.29. The summed E-state index contributed by atoms with van der Waals surface area (Å²) in [6.07, 6.45) is 2.80. The van der Waals surface area contributed by atoms with E-state index in [9.17, 15) is 12.3 Å². The topological polar surface area (TPSA) is 16.1 Å². The molecule has 1 aliphatic heterocycles. The van der Waals surface area contributed by atoms with Crippen LogP contribution in [-0.2, 0) is 6.42 Å². The average molecular weight is 268 g/mol. The molecule has 18 heavy (non-hydrogen) atoms. The fourth-order valence-corrected chi connectivity index (χ4v) is 3.38. The van der Waals surface area contributed by atoms with E-state index in [-0.39, 0.29) is 6.54 Å². The fourth-order valence-electron chi connectivity index (χ4n) is 2.47. The second kappa shape index (κ2) is 3.98. The molecule has 1 aromatic heterocycles. The van der Waals surface area contributed by atoms with Gasteiger partial charge in [-0.05, 0) is 24.5 Å². The number of aryl methyl sites for hydroxylation is 1. The van der Waals surface area contributed by atoms with Crippen LogP contribution in [0.25, 0.3) is 10.9 Å². The van der Waals surface area contributed by atoms with Gasteiger partial charge in [-0.25, -0.2) is 12.3 Å². The Morgan fingerprint density at radius 3 is 2.78 bits per heavy atom. The highest BCUT2D eigenvalue weighted by molar-refractivity contribution is 6.63. The van der Waals surface area contributed by atoms with Crippen molar-refractivity contribution in [2.45, 2.75) is 12.8 Å². The molecule has 0 saturated carbocycles. The van der Waals surface area contributed by atoms with Gasteiger partial charge >= 0.3 is 9.24 Å². The van der Waals surface area contributed by atoms with E-state index in [0.717, 1.165) is 10.9 Å². The lowest BCUT2D eigenvalue weighted by Gasteiger charge is -2.31. The van der Waals surface area contributed by atoms with Gasteiger partial charge in [0.1, 0.15) is 0 Å². The van der Waals surface area contributed by atoms with Crippen LogP contribution in [0.1, 0.15) is 12.0 Å². The normalized spacial score (nSPS) is 15.8. The number of benzene rings is 1. The van der Waals surface area contributed by atoms with Crippen LogP contribution in [0.5, 0.6) is 0 Å². The predicted octanol–water partition coefficient (Wildman–Crippen LogP) is 3.33. The van der Waals surface area contributed by atoms with Gasteiger partial charge < -0.3 is 4.57 Å². The summed E-state index contributed by atoms with van der Waals surface area (Å²) in [6, 6.07) is 7.19. The molecule has 2 heterocycles. The molecule has 3 rings (SSSR count). The van der Waals surface area contributed by atoms with Crippen molar-refractivity contribution >= 4 is 25.8 Å². The molecule has 0 spiro atoms. The van der Waals surface area contributed by atoms with Crippen molar-refractivity contribution in [2.24, 2.45) is 0 Å². The quantitative estimate of drug-likeness (QED) is 0.582. The Bertz CT molecular complexity index is 597. The highest BCUT2D eigenvalue weighted by Crippen LogP contribution is 2.37. The van der Waals surface area contributed by atoms with Crippen LogP contribution in [0.2, 0.25) is 0 Å². The van der Waals surface area contributed by atoms with Gasteiger partial charge in [-0.15, -0.1) is 0 Å². The minimum absolute atomic E-state index is 0.0679. The molecular formula is C12H11F3N2Si. The summed E-state index contributed by atoms with van der Waals surface area (Å²) >= 11 is 0. The number of hydrogen-bond acceptors (Lipinski definition) is 2. The maximum atomic E-state index is 13.2. The van der Waals surface area contributed by atoms with E-state index in [0.29, 0.717) is 28.6 Å². The molecule has 0 saturated heterocycles. The van der Waals surface area contributed by atoms with Crippen LogP contribution in [-0.4, -0.2) is 20.8 Å². The van der Waals surface area contributed by atoms with Crippen molar-refractivity contribution in [1.29, 1.82) is 0 Å². The molecule has 0 unspecified atom stereocenters. The molecule has 2 nitrogen and oxygen atoms in total. The van der Waals surface area contributed by atoms with E-state index < -0.39 is 9.24 Å². The van der Waals surface area contributed by atoms with Crippen molar-refractivity contribution in [3.63, 3.8) is 0 Å². The molecule has 0 atom stereocenters. The molecule has 0 aliphatic carbocycles. The first-order valence-electron chi connectivity index (χ1n) is 5.78. The number of halogens is 3. The van der Waals surface area contributed by atoms with Crippen LogP contribution in [0.4, 0.5) is 18.0 Å². The Labute approximate surface area is 104 Å². The van der Waals surface area contributed by atoms with Crippen molar-refractivity contribution in [3.8, 4) is 0 Å². The van der Waals surface area contributed by atoms with Gasteiger partial charge in [0.25, 0.3) is 0 Å². The summed E-state index contributed by atoms with van der Waals surface area (Å²) in [5.41, 5.74) is 1.52. The van der Waals surface area contributed by atoms with E-state index in [4.69, 9.17) is 0 Å². The maximum Gasteiger partial charge on any atom is 0.754 e. The van der Waals surface area contributed by atoms with Crippen LogP contribution >= 0.6 is 0 Å². The Morgan fingerprint density at radius 2 is 2.00 bits per heavy atom. The monoisotopic (exact) mass is 268 g/mol. The molecule has 0 radical (unpaired) electrons. The standard InChI is InChI=1S/C12H11F3N2Si/c13-18(14,15)17-8-2-4-10-6-5-9-3-1-7-16-11(9)12(10)17/h1,3,5-7H,2,4,8H2. The highest BCUT2D eigenvalue weighted by Gasteiger charge is 2.49. The predicted molar refractivity (Wildman–Crippen MR) is 66.5 cm³/mol. The van der Waals surface area contributed by atoms with Crippen molar-refractivity contribution in [3.05, 3.63) is 36.0 Å². The number of fused-ring (bicyclic) bond motifs is 3. The number of nitrogens with zero attached hydrogens (tertiary/aromatic N) is 2. The summed E-state index contributed by atoms with van der Waals surface area (Å²) in [5, 5.41) is 0.765. The van der Waals surface area contributed by atoms with Crippen LogP contribution in [0, 0.1) is 0 Å². The zero-order valence-electron chi connectivity index (χ0n) is 9.54. The molecule has 94 valence electrons. The number of pyridine rings is 1. The van der Waals surface area contributed by atoms with Gasteiger partial charge in [-0.3, -0.25) is 4.98 Å². The zero-order valence-corrected chi connectivity index (χ0v) is 10.5. The second-order valence-corrected chi connectivity index (χ2v) is 5.85. The van der Waals surface area contributed by atoms with Crippen LogP contribution in [0.15, 0.2) is 30.5 Å². The summed E-state index contributed by atoms with van der Waals surface area (Å²) in [7, 11) is -5.83. The molecule has 0 bridgehead atoms. The molecule has 6 heteroatoms. The minimum Gasteiger partial charge on any atom is -0.319 e. The smallest absolute Gasteiger partial charge is 0.319 e. The SMILES string of the molecule is F[Si](F)(F)N1CCCc2ccc3cccnc3c21. The van der Waals surface area contributed by atoms with E-state index in [2.05, 4.69) is 4.98 Å². The maximum absolute atomic E-state index is 13.2. The van der Waals surface area contributed by atoms with E-state index in [1.807, 2.05) is 6.07 Å². The first kappa shape index (κ1) is 11.5. The van der Waals surface area contributed by atoms with Crippen molar-refractivity contribution in [2.75, 3.05) is 11.1 Å². The van der Waals surface area contributed by atoms with Gasteiger partial charge in [0, 0.05) is 18.1 Å². The molecule has 2 aromatic rings. The minimum atomic E-state index is -5.83. The van der Waals surface area contributed by atoms with E-state index in [1.165, 1.54) is 0 Å². The first-order valence-corrected chi connectivity index (χ1v) is 7.36. The van der Waals surface area contributed by atoms with Crippen LogP contribution in [0.3, 0.4) is 0 Å². The van der Waals surface area contributed by atoms with Crippen molar-refractivity contribution in [1.82, 2.24) is 4.98 Å². The Morgan fingerprint density at radius 1 is 1.17 bits per heavy atom. The molecule has 0 amide bonds. The third kappa shape index (κ3) is 1.76. The summed E-state index contributed by atoms with van der Waals surface area (Å²) < 4.78 is 40.2. The van der Waals surface area contributed by atoms with Crippen LogP contribution < -0.4 is 4.57 Å². The Hall–Kier alpha value is -1.56. The lowest BCUT2D eigenvalue weighted by Crippen LogP contribution is -2.46. The van der Waals surface area contributed by atoms with E-state index >= 15 is 0 Å². The summed E-state index contributed by atoms with van der Waals surface area (Å²) in [6.45, 7) is 0.0679. The molecule has 0 fully saturated rings. The van der Waals surface area contributed by atoms with Gasteiger partial charge in [-0.2, -0.15) is 0 Å². The second-order valence-electron chi connectivity index (χ2n) is 4.37. The van der Waals surface area contributed by atoms with E-state index in [1.54, 1.807) is 24.4 Å². The highest BCUT2D eigenvalue weighted by atomic mass is 28.5. The average Bonchev–Trinajstić information content (AvgIpc) is 2.36. The molecule has 1 aliphatic rings. The molecule has 1 aromatic carbocycles. The number of rotatable bonds is 1. The lowest BCUT2D eigenvalue weighted by molar-refractivity contribution is 0.454. The van der Waals surface area contributed by atoms with Gasteiger partial charge in [-0.1, -0.05) is 18.2 Å². The number of hydrogen-bond donors (Lipinski definition) is 0. The van der Waals surface area contributed by atoms with Gasteiger partial charge in [0.05, 0.1) is 11.2 Å². The molecule has 0 N–H and O–H groups in total. The lowest BCUT2D eigenvalue weighted by atomic mass is 10.0.